The minimum absolute atomic E-state index is 0.0754. The lowest BCUT2D eigenvalue weighted by molar-refractivity contribution is 0.0949. The van der Waals surface area contributed by atoms with Crippen molar-refractivity contribution >= 4 is 26.8 Å². The third kappa shape index (κ3) is 4.88. The fourth-order valence-corrected chi connectivity index (χ4v) is 6.00. The van der Waals surface area contributed by atoms with Crippen LogP contribution in [0.3, 0.4) is 0 Å². The number of hydrogen-bond acceptors (Lipinski definition) is 6. The molecule has 1 N–H and O–H groups in total. The third-order valence-corrected chi connectivity index (χ3v) is 7.77. The van der Waals surface area contributed by atoms with Crippen LogP contribution in [-0.4, -0.2) is 54.0 Å². The normalized spacial score (nSPS) is 17.5. The Bertz CT molecular complexity index is 1300. The van der Waals surface area contributed by atoms with Crippen molar-refractivity contribution in [1.82, 2.24) is 19.9 Å². The van der Waals surface area contributed by atoms with E-state index in [2.05, 4.69) is 24.1 Å². The van der Waals surface area contributed by atoms with Crippen molar-refractivity contribution in [2.24, 2.45) is 5.92 Å². The second-order valence-corrected chi connectivity index (χ2v) is 11.2. The number of aryl methyl sites for hydroxylation is 1. The van der Waals surface area contributed by atoms with Crippen LogP contribution < -0.4 is 10.1 Å². The van der Waals surface area contributed by atoms with Gasteiger partial charge in [0.15, 0.2) is 15.5 Å². The summed E-state index contributed by atoms with van der Waals surface area (Å²) in [5, 5.41) is 2.96. The number of amides is 1. The van der Waals surface area contributed by atoms with Crippen molar-refractivity contribution in [3.8, 4) is 17.0 Å². The number of rotatable bonds is 7. The minimum atomic E-state index is -3.08. The van der Waals surface area contributed by atoms with Gasteiger partial charge in [0.1, 0.15) is 17.1 Å². The first-order valence-electron chi connectivity index (χ1n) is 11.2. The van der Waals surface area contributed by atoms with Crippen molar-refractivity contribution in [1.29, 1.82) is 0 Å². The number of carbonyl (C=O) groups excluding carboxylic acids is 1. The first kappa shape index (κ1) is 23.2. The van der Waals surface area contributed by atoms with E-state index in [1.54, 1.807) is 7.11 Å². The van der Waals surface area contributed by atoms with Gasteiger partial charge < -0.3 is 14.6 Å². The molecular weight excluding hydrogens is 440 g/mol. The summed E-state index contributed by atoms with van der Waals surface area (Å²) in [6, 6.07) is 9.17. The van der Waals surface area contributed by atoms with E-state index in [1.165, 1.54) is 0 Å². The molecule has 33 heavy (non-hydrogen) atoms. The van der Waals surface area contributed by atoms with E-state index < -0.39 is 9.84 Å². The van der Waals surface area contributed by atoms with E-state index in [9.17, 15) is 13.2 Å². The summed E-state index contributed by atoms with van der Waals surface area (Å²) in [5.41, 5.74) is 2.87. The summed E-state index contributed by atoms with van der Waals surface area (Å²) >= 11 is 0. The van der Waals surface area contributed by atoms with E-state index >= 15 is 0 Å². The van der Waals surface area contributed by atoms with Crippen molar-refractivity contribution in [2.75, 3.05) is 25.2 Å². The number of pyridine rings is 1. The monoisotopic (exact) mass is 470 g/mol. The summed E-state index contributed by atoms with van der Waals surface area (Å²) in [6.07, 6.45) is 1.39. The molecule has 0 saturated carbocycles. The van der Waals surface area contributed by atoms with Crippen LogP contribution >= 0.6 is 0 Å². The van der Waals surface area contributed by atoms with Gasteiger partial charge in [0.25, 0.3) is 5.91 Å². The Kier molecular flexibility index (Phi) is 6.43. The SMILES string of the molecule is COc1cccc(-c2cc3c(nc(C)n3C3CCS(=O)(=O)C3)c(C(=O)NCCC(C)C)n2)c1. The van der Waals surface area contributed by atoms with E-state index in [-0.39, 0.29) is 29.1 Å². The summed E-state index contributed by atoms with van der Waals surface area (Å²) in [6.45, 7) is 6.60. The van der Waals surface area contributed by atoms with Crippen molar-refractivity contribution in [3.05, 3.63) is 41.9 Å². The van der Waals surface area contributed by atoms with Gasteiger partial charge in [0, 0.05) is 12.1 Å². The zero-order valence-electron chi connectivity index (χ0n) is 19.5. The number of carbonyl (C=O) groups is 1. The van der Waals surface area contributed by atoms with E-state index in [0.29, 0.717) is 41.7 Å². The molecule has 1 atom stereocenters. The maximum atomic E-state index is 13.1. The Labute approximate surface area is 194 Å². The molecule has 8 nitrogen and oxygen atoms in total. The number of nitrogens with one attached hydrogen (secondary N) is 1. The highest BCUT2D eigenvalue weighted by Gasteiger charge is 2.32. The van der Waals surface area contributed by atoms with Crippen LogP contribution in [-0.2, 0) is 9.84 Å². The molecule has 4 rings (SSSR count). The smallest absolute Gasteiger partial charge is 0.272 e. The van der Waals surface area contributed by atoms with Gasteiger partial charge in [-0.15, -0.1) is 0 Å². The lowest BCUT2D eigenvalue weighted by Gasteiger charge is -2.15. The zero-order valence-corrected chi connectivity index (χ0v) is 20.3. The molecule has 9 heteroatoms. The molecule has 0 radical (unpaired) electrons. The molecule has 1 saturated heterocycles. The molecule has 1 unspecified atom stereocenters. The van der Waals surface area contributed by atoms with Crippen molar-refractivity contribution in [2.45, 2.75) is 39.7 Å². The second kappa shape index (κ2) is 9.13. The third-order valence-electron chi connectivity index (χ3n) is 6.02. The molecule has 176 valence electrons. The maximum absolute atomic E-state index is 13.1. The lowest BCUT2D eigenvalue weighted by atomic mass is 10.1. The molecule has 3 heterocycles. The van der Waals surface area contributed by atoms with Crippen LogP contribution in [0.15, 0.2) is 30.3 Å². The largest absolute Gasteiger partial charge is 0.497 e. The van der Waals surface area contributed by atoms with Gasteiger partial charge in [-0.1, -0.05) is 26.0 Å². The fraction of sp³-hybridized carbons (Fsp3) is 0.458. The average molecular weight is 471 g/mol. The number of aromatic nitrogens is 3. The molecule has 1 amide bonds. The van der Waals surface area contributed by atoms with Gasteiger partial charge in [0.05, 0.1) is 35.9 Å². The molecule has 1 aliphatic heterocycles. The van der Waals surface area contributed by atoms with Crippen LogP contribution in [0, 0.1) is 12.8 Å². The molecule has 1 fully saturated rings. The van der Waals surface area contributed by atoms with Crippen LogP contribution in [0.1, 0.15) is 49.0 Å². The molecule has 1 aliphatic rings. The average Bonchev–Trinajstić information content (AvgIpc) is 3.30. The Morgan fingerprint density at radius 2 is 2.06 bits per heavy atom. The predicted molar refractivity (Wildman–Crippen MR) is 128 cm³/mol. The molecular formula is C24H30N4O4S. The van der Waals surface area contributed by atoms with Gasteiger partial charge in [-0.05, 0) is 43.9 Å². The van der Waals surface area contributed by atoms with E-state index in [0.717, 1.165) is 17.5 Å². The first-order chi connectivity index (χ1) is 15.7. The highest BCUT2D eigenvalue weighted by Crippen LogP contribution is 2.33. The number of fused-ring (bicyclic) bond motifs is 1. The second-order valence-electron chi connectivity index (χ2n) is 8.98. The molecule has 0 spiro atoms. The number of nitrogens with zero attached hydrogens (tertiary/aromatic N) is 3. The Hall–Kier alpha value is -2.94. The van der Waals surface area contributed by atoms with E-state index in [1.807, 2.05) is 41.8 Å². The first-order valence-corrected chi connectivity index (χ1v) is 13.0. The number of methoxy groups -OCH3 is 1. The maximum Gasteiger partial charge on any atom is 0.272 e. The van der Waals surface area contributed by atoms with Gasteiger partial charge >= 0.3 is 0 Å². The highest BCUT2D eigenvalue weighted by atomic mass is 32.2. The number of ether oxygens (including phenoxy) is 1. The Balaban J connectivity index is 1.86. The zero-order chi connectivity index (χ0) is 23.8. The molecule has 0 bridgehead atoms. The minimum Gasteiger partial charge on any atom is -0.497 e. The van der Waals surface area contributed by atoms with Gasteiger partial charge in [-0.25, -0.2) is 18.4 Å². The molecule has 2 aromatic heterocycles. The molecule has 1 aromatic carbocycles. The van der Waals surface area contributed by atoms with Crippen LogP contribution in [0.25, 0.3) is 22.3 Å². The topological polar surface area (TPSA) is 103 Å². The quantitative estimate of drug-likeness (QED) is 0.566. The lowest BCUT2D eigenvalue weighted by Crippen LogP contribution is -2.26. The molecule has 0 aliphatic carbocycles. The van der Waals surface area contributed by atoms with Crippen molar-refractivity contribution in [3.63, 3.8) is 0 Å². The summed E-state index contributed by atoms with van der Waals surface area (Å²) in [7, 11) is -1.49. The van der Waals surface area contributed by atoms with Crippen LogP contribution in [0.2, 0.25) is 0 Å². The number of benzene rings is 1. The highest BCUT2D eigenvalue weighted by molar-refractivity contribution is 7.91. The van der Waals surface area contributed by atoms with Crippen LogP contribution in [0.4, 0.5) is 0 Å². The van der Waals surface area contributed by atoms with Crippen LogP contribution in [0.5, 0.6) is 5.75 Å². The van der Waals surface area contributed by atoms with Gasteiger partial charge in [-0.2, -0.15) is 0 Å². The predicted octanol–water partition coefficient (Wildman–Crippen LogP) is 3.55. The summed E-state index contributed by atoms with van der Waals surface area (Å²) in [5.74, 6) is 1.78. The Morgan fingerprint density at radius 3 is 2.73 bits per heavy atom. The Morgan fingerprint density at radius 1 is 1.27 bits per heavy atom. The molecule has 3 aromatic rings. The number of imidazole rings is 1. The summed E-state index contributed by atoms with van der Waals surface area (Å²) in [4.78, 5) is 22.5. The summed E-state index contributed by atoms with van der Waals surface area (Å²) < 4.78 is 31.6. The number of sulfone groups is 1. The number of hydrogen-bond donors (Lipinski definition) is 1. The standard InChI is InChI=1S/C24H30N4O4S/c1-15(2)8-10-25-24(29)23-22-21(13-20(27-23)17-6-5-7-19(12-17)32-4)28(16(3)26-22)18-9-11-33(30,31)14-18/h5-7,12-13,15,18H,8-11,14H2,1-4H3,(H,25,29). The van der Waals surface area contributed by atoms with Gasteiger partial charge in [0.2, 0.25) is 0 Å². The van der Waals surface area contributed by atoms with E-state index in [4.69, 9.17) is 9.72 Å². The van der Waals surface area contributed by atoms with Gasteiger partial charge in [-0.3, -0.25) is 4.79 Å². The van der Waals surface area contributed by atoms with Crippen molar-refractivity contribution < 1.29 is 17.9 Å². The fourth-order valence-electron chi connectivity index (χ4n) is 4.30.